The second kappa shape index (κ2) is 10.4. The third-order valence-electron chi connectivity index (χ3n) is 8.58. The number of ether oxygens (including phenoxy) is 2. The number of anilines is 2. The molecule has 1 saturated carbocycles. The van der Waals surface area contributed by atoms with Gasteiger partial charge in [-0.2, -0.15) is 4.98 Å². The Balaban J connectivity index is 1.30. The van der Waals surface area contributed by atoms with Crippen LogP contribution in [-0.4, -0.2) is 72.2 Å². The number of nitrogens with two attached hydrogens (primary N) is 1. The Morgan fingerprint density at radius 2 is 2.08 bits per heavy atom. The van der Waals surface area contributed by atoms with E-state index in [-0.39, 0.29) is 46.8 Å². The van der Waals surface area contributed by atoms with Crippen molar-refractivity contribution >= 4 is 28.6 Å². The van der Waals surface area contributed by atoms with Gasteiger partial charge in [-0.15, -0.1) is 0 Å². The van der Waals surface area contributed by atoms with Gasteiger partial charge < -0.3 is 30.3 Å². The van der Waals surface area contributed by atoms with E-state index in [9.17, 15) is 4.79 Å². The second-order valence-corrected chi connectivity index (χ2v) is 10.6. The molecular formula is C28H34FN7O3. The minimum atomic E-state index is -0.667. The largest absolute Gasteiger partial charge is 0.493 e. The number of nitrogens with one attached hydrogen (secondary N) is 1. The fourth-order valence-corrected chi connectivity index (χ4v) is 6.59. The molecule has 39 heavy (non-hydrogen) atoms. The topological polar surface area (TPSA) is 119 Å². The number of nitrogens with zero attached hydrogens (tertiary/aromatic N) is 5. The van der Waals surface area contributed by atoms with E-state index in [1.807, 2.05) is 28.0 Å². The molecule has 6 rings (SSSR count). The SMILES string of the molecule is COc1cc2c(N)nc(N3CCN(C(=O)C[C@H]4NC[C@@H]5CCC[C@@H]54)CC3c3ccccn3)nc2c(F)c1OC. The maximum absolute atomic E-state index is 15.5. The zero-order valence-electron chi connectivity index (χ0n) is 22.3. The highest BCUT2D eigenvalue weighted by Gasteiger charge is 2.41. The Kier molecular flexibility index (Phi) is 6.84. The molecule has 0 spiro atoms. The Labute approximate surface area is 226 Å². The molecule has 1 unspecified atom stereocenters. The Hall–Kier alpha value is -3.73. The molecular weight excluding hydrogens is 501 g/mol. The summed E-state index contributed by atoms with van der Waals surface area (Å²) in [4.78, 5) is 31.1. The Morgan fingerprint density at radius 3 is 2.85 bits per heavy atom. The summed E-state index contributed by atoms with van der Waals surface area (Å²) < 4.78 is 26.0. The van der Waals surface area contributed by atoms with Crippen molar-refractivity contribution < 1.29 is 18.7 Å². The van der Waals surface area contributed by atoms with E-state index in [2.05, 4.69) is 20.3 Å². The number of hydrogen-bond acceptors (Lipinski definition) is 9. The van der Waals surface area contributed by atoms with Gasteiger partial charge in [-0.05, 0) is 49.4 Å². The van der Waals surface area contributed by atoms with Crippen molar-refractivity contribution in [2.45, 2.75) is 37.8 Å². The van der Waals surface area contributed by atoms with Crippen LogP contribution in [0.3, 0.4) is 0 Å². The van der Waals surface area contributed by atoms with Crippen LogP contribution in [0.25, 0.3) is 10.9 Å². The average Bonchev–Trinajstić information content (AvgIpc) is 3.58. The maximum atomic E-state index is 15.5. The fourth-order valence-electron chi connectivity index (χ4n) is 6.59. The highest BCUT2D eigenvalue weighted by Crippen LogP contribution is 2.40. The lowest BCUT2D eigenvalue weighted by atomic mass is 9.92. The minimum absolute atomic E-state index is 0.0456. The maximum Gasteiger partial charge on any atom is 0.228 e. The van der Waals surface area contributed by atoms with Gasteiger partial charge in [0.05, 0.1) is 26.0 Å². The van der Waals surface area contributed by atoms with Gasteiger partial charge in [-0.25, -0.2) is 9.37 Å². The summed E-state index contributed by atoms with van der Waals surface area (Å²) in [5.74, 6) is 1.35. The Morgan fingerprint density at radius 1 is 1.21 bits per heavy atom. The van der Waals surface area contributed by atoms with Crippen LogP contribution in [-0.2, 0) is 4.79 Å². The van der Waals surface area contributed by atoms with Gasteiger partial charge >= 0.3 is 0 Å². The molecule has 0 bridgehead atoms. The molecule has 2 aliphatic heterocycles. The molecule has 3 fully saturated rings. The van der Waals surface area contributed by atoms with Gasteiger partial charge in [-0.3, -0.25) is 9.78 Å². The molecule has 4 heterocycles. The number of aromatic nitrogens is 3. The van der Waals surface area contributed by atoms with Gasteiger partial charge in [0.1, 0.15) is 11.3 Å². The lowest BCUT2D eigenvalue weighted by Gasteiger charge is -2.41. The number of hydrogen-bond donors (Lipinski definition) is 2. The molecule has 206 valence electrons. The fraction of sp³-hybridized carbons (Fsp3) is 0.500. The van der Waals surface area contributed by atoms with Crippen molar-refractivity contribution in [3.05, 3.63) is 42.0 Å². The van der Waals surface area contributed by atoms with Crippen molar-refractivity contribution in [3.63, 3.8) is 0 Å². The van der Waals surface area contributed by atoms with E-state index in [1.54, 1.807) is 12.3 Å². The lowest BCUT2D eigenvalue weighted by Crippen LogP contribution is -2.52. The Bertz CT molecular complexity index is 1370. The quantitative estimate of drug-likeness (QED) is 0.491. The number of carbonyl (C=O) groups excluding carboxylic acids is 1. The van der Waals surface area contributed by atoms with Crippen molar-refractivity contribution in [1.29, 1.82) is 0 Å². The van der Waals surface area contributed by atoms with Crippen molar-refractivity contribution in [2.75, 3.05) is 51.0 Å². The number of benzene rings is 1. The first-order chi connectivity index (χ1) is 19.0. The van der Waals surface area contributed by atoms with Crippen LogP contribution in [0, 0.1) is 17.7 Å². The van der Waals surface area contributed by atoms with Crippen LogP contribution in [0.4, 0.5) is 16.2 Å². The van der Waals surface area contributed by atoms with Crippen molar-refractivity contribution in [3.8, 4) is 11.5 Å². The molecule has 3 aromatic rings. The number of carbonyl (C=O) groups is 1. The highest BCUT2D eigenvalue weighted by molar-refractivity contribution is 5.92. The van der Waals surface area contributed by atoms with E-state index in [0.717, 1.165) is 12.2 Å². The second-order valence-electron chi connectivity index (χ2n) is 10.6. The zero-order chi connectivity index (χ0) is 27.1. The molecule has 4 atom stereocenters. The molecule has 2 aromatic heterocycles. The summed E-state index contributed by atoms with van der Waals surface area (Å²) in [6.07, 6.45) is 5.95. The molecule has 1 aromatic carbocycles. The van der Waals surface area contributed by atoms with Gasteiger partial charge in [0.25, 0.3) is 0 Å². The van der Waals surface area contributed by atoms with E-state index in [4.69, 9.17) is 15.2 Å². The van der Waals surface area contributed by atoms with E-state index < -0.39 is 5.82 Å². The van der Waals surface area contributed by atoms with Crippen LogP contribution >= 0.6 is 0 Å². The predicted molar refractivity (Wildman–Crippen MR) is 145 cm³/mol. The number of pyridine rings is 1. The molecule has 1 aliphatic carbocycles. The highest BCUT2D eigenvalue weighted by atomic mass is 19.1. The third-order valence-corrected chi connectivity index (χ3v) is 8.58. The summed E-state index contributed by atoms with van der Waals surface area (Å²) in [7, 11) is 2.81. The monoisotopic (exact) mass is 535 g/mol. The van der Waals surface area contributed by atoms with Crippen LogP contribution in [0.5, 0.6) is 11.5 Å². The first-order valence-corrected chi connectivity index (χ1v) is 13.5. The van der Waals surface area contributed by atoms with E-state index >= 15 is 4.39 Å². The van der Waals surface area contributed by atoms with Gasteiger partial charge in [-0.1, -0.05) is 12.5 Å². The number of halogens is 1. The van der Waals surface area contributed by atoms with Gasteiger partial charge in [0, 0.05) is 43.7 Å². The molecule has 3 aliphatic rings. The van der Waals surface area contributed by atoms with Crippen LogP contribution in [0.1, 0.15) is 37.4 Å². The van der Waals surface area contributed by atoms with Gasteiger partial charge in [0.15, 0.2) is 17.3 Å². The summed E-state index contributed by atoms with van der Waals surface area (Å²) in [5, 5.41) is 3.93. The standard InChI is InChI=1S/C28H34FN7O3/c1-38-22-12-18-25(24(29)26(22)39-2)33-28(34-27(18)30)36-11-10-35(15-21(36)19-8-3-4-9-31-19)23(37)13-20-17-7-5-6-16(17)14-32-20/h3-4,8-9,12,16-17,20-21,32H,5-7,10-11,13-15H2,1-2H3,(H2,30,33,34)/t16-,17-,20+,21?/m0/s1. The summed E-state index contributed by atoms with van der Waals surface area (Å²) in [5.41, 5.74) is 7.14. The molecule has 10 nitrogen and oxygen atoms in total. The smallest absolute Gasteiger partial charge is 0.228 e. The minimum Gasteiger partial charge on any atom is -0.493 e. The third kappa shape index (κ3) is 4.58. The molecule has 11 heteroatoms. The molecule has 1 amide bonds. The van der Waals surface area contributed by atoms with E-state index in [1.165, 1.54) is 33.5 Å². The normalized spacial score (nSPS) is 24.7. The first-order valence-electron chi connectivity index (χ1n) is 13.5. The van der Waals surface area contributed by atoms with Crippen molar-refractivity contribution in [1.82, 2.24) is 25.2 Å². The average molecular weight is 536 g/mol. The van der Waals surface area contributed by atoms with Crippen molar-refractivity contribution in [2.24, 2.45) is 11.8 Å². The number of rotatable bonds is 6. The number of piperazine rings is 1. The van der Waals surface area contributed by atoms with Gasteiger partial charge in [0.2, 0.25) is 11.9 Å². The molecule has 2 saturated heterocycles. The molecule has 3 N–H and O–H groups in total. The van der Waals surface area contributed by atoms with Crippen LogP contribution in [0.15, 0.2) is 30.5 Å². The summed E-state index contributed by atoms with van der Waals surface area (Å²) >= 11 is 0. The van der Waals surface area contributed by atoms with Crippen LogP contribution < -0.4 is 25.4 Å². The first kappa shape index (κ1) is 25.5. The summed E-state index contributed by atoms with van der Waals surface area (Å²) in [6.45, 7) is 2.39. The number of nitrogen functional groups attached to an aromatic ring is 1. The van der Waals surface area contributed by atoms with Crippen LogP contribution in [0.2, 0.25) is 0 Å². The number of methoxy groups -OCH3 is 2. The summed E-state index contributed by atoms with van der Waals surface area (Å²) in [6, 6.07) is 7.19. The van der Waals surface area contributed by atoms with E-state index in [0.29, 0.717) is 43.3 Å². The lowest BCUT2D eigenvalue weighted by molar-refractivity contribution is -0.132. The predicted octanol–water partition coefficient (Wildman–Crippen LogP) is 2.93. The molecule has 0 radical (unpaired) electrons. The number of amides is 1. The number of fused-ring (bicyclic) bond motifs is 2. The zero-order valence-corrected chi connectivity index (χ0v) is 22.3.